The van der Waals surface area contributed by atoms with Crippen LogP contribution >= 0.6 is 24.0 Å². The smallest absolute Gasteiger partial charge is 0.191 e. The van der Waals surface area contributed by atoms with E-state index < -0.39 is 0 Å². The molecule has 5 nitrogen and oxygen atoms in total. The lowest BCUT2D eigenvalue weighted by Gasteiger charge is -2.30. The highest BCUT2D eigenvalue weighted by atomic mass is 127. The van der Waals surface area contributed by atoms with Crippen LogP contribution in [0.25, 0.3) is 0 Å². The summed E-state index contributed by atoms with van der Waals surface area (Å²) in [5, 5.41) is 0. The molecule has 108 valence electrons. The van der Waals surface area contributed by atoms with Gasteiger partial charge in [0.05, 0.1) is 13.2 Å². The molecule has 1 aliphatic rings. The zero-order valence-electron chi connectivity index (χ0n) is 12.0. The Balaban J connectivity index is 0.00000289. The molecule has 0 bridgehead atoms. The number of hydrogen-bond acceptors (Lipinski definition) is 3. The summed E-state index contributed by atoms with van der Waals surface area (Å²) >= 11 is 0. The molecule has 0 aromatic carbocycles. The lowest BCUT2D eigenvalue weighted by Crippen LogP contribution is -2.45. The van der Waals surface area contributed by atoms with Gasteiger partial charge in [0.2, 0.25) is 0 Å². The van der Waals surface area contributed by atoms with E-state index in [0.29, 0.717) is 5.96 Å². The Kier molecular flexibility index (Phi) is 8.13. The van der Waals surface area contributed by atoms with Crippen LogP contribution in [0.15, 0.2) is 4.99 Å². The van der Waals surface area contributed by atoms with Crippen molar-refractivity contribution in [2.24, 2.45) is 16.1 Å². The van der Waals surface area contributed by atoms with Crippen LogP contribution in [0, 0.1) is 5.41 Å². The van der Waals surface area contributed by atoms with Gasteiger partial charge >= 0.3 is 0 Å². The number of hydrogen-bond donors (Lipinski definition) is 1. The maximum atomic E-state index is 5.99. The molecule has 1 rings (SSSR count). The molecule has 0 saturated carbocycles. The maximum absolute atomic E-state index is 5.99. The van der Waals surface area contributed by atoms with Crippen molar-refractivity contribution in [1.82, 2.24) is 9.80 Å². The lowest BCUT2D eigenvalue weighted by molar-refractivity contribution is 0.0673. The Hall–Kier alpha value is -0.0800. The third-order valence-electron chi connectivity index (χ3n) is 2.75. The van der Waals surface area contributed by atoms with E-state index in [-0.39, 0.29) is 29.4 Å². The molecule has 0 unspecified atom stereocenters. The van der Waals surface area contributed by atoms with E-state index in [1.54, 1.807) is 0 Å². The second kappa shape index (κ2) is 8.16. The van der Waals surface area contributed by atoms with Crippen molar-refractivity contribution >= 4 is 29.9 Å². The molecular formula is C12H27IN4O. The molecule has 0 radical (unpaired) electrons. The van der Waals surface area contributed by atoms with Crippen LogP contribution in [0.2, 0.25) is 0 Å². The summed E-state index contributed by atoms with van der Waals surface area (Å²) in [5.41, 5.74) is 6.15. The highest BCUT2D eigenvalue weighted by Crippen LogP contribution is 2.16. The summed E-state index contributed by atoms with van der Waals surface area (Å²) in [4.78, 5) is 8.78. The molecule has 1 aliphatic heterocycles. The first kappa shape index (κ1) is 17.9. The van der Waals surface area contributed by atoms with Gasteiger partial charge in [-0.2, -0.15) is 0 Å². The van der Waals surface area contributed by atoms with Crippen molar-refractivity contribution < 1.29 is 4.74 Å². The minimum Gasteiger partial charge on any atom is -0.378 e. The van der Waals surface area contributed by atoms with Gasteiger partial charge in [0.1, 0.15) is 0 Å². The molecule has 0 amide bonds. The average Bonchev–Trinajstić information content (AvgIpc) is 2.25. The Morgan fingerprint density at radius 2 is 1.89 bits per heavy atom. The minimum atomic E-state index is 0. The fourth-order valence-corrected chi connectivity index (χ4v) is 2.09. The van der Waals surface area contributed by atoms with Gasteiger partial charge in [0, 0.05) is 26.2 Å². The first-order valence-corrected chi connectivity index (χ1v) is 6.18. The average molecular weight is 370 g/mol. The number of morpholine rings is 1. The van der Waals surface area contributed by atoms with E-state index >= 15 is 0 Å². The first-order chi connectivity index (χ1) is 7.91. The zero-order valence-corrected chi connectivity index (χ0v) is 14.3. The quantitative estimate of drug-likeness (QED) is 0.453. The fraction of sp³-hybridized carbons (Fsp3) is 0.917. The number of aliphatic imine (C=N–C) groups is 1. The first-order valence-electron chi connectivity index (χ1n) is 6.18. The van der Waals surface area contributed by atoms with E-state index in [1.807, 2.05) is 0 Å². The summed E-state index contributed by atoms with van der Waals surface area (Å²) in [6, 6.07) is 0. The van der Waals surface area contributed by atoms with Gasteiger partial charge in [0.15, 0.2) is 5.96 Å². The number of nitrogens with two attached hydrogens (primary N) is 1. The standard InChI is InChI=1S/C12H26N4O.HI/c1-12(2,10-15(3)4)9-14-11(13)16-5-7-17-8-6-16;/h5-10H2,1-4H3,(H2,13,14);1H. The molecule has 1 saturated heterocycles. The van der Waals surface area contributed by atoms with Crippen molar-refractivity contribution in [3.8, 4) is 0 Å². The normalized spacial score (nSPS) is 17.8. The number of nitrogens with zero attached hydrogens (tertiary/aromatic N) is 3. The van der Waals surface area contributed by atoms with Crippen molar-refractivity contribution in [2.45, 2.75) is 13.8 Å². The van der Waals surface area contributed by atoms with Gasteiger partial charge in [0.25, 0.3) is 0 Å². The zero-order chi connectivity index (χ0) is 12.9. The fourth-order valence-electron chi connectivity index (χ4n) is 2.09. The molecule has 0 aliphatic carbocycles. The second-order valence-electron chi connectivity index (χ2n) is 5.68. The van der Waals surface area contributed by atoms with Gasteiger partial charge in [-0.1, -0.05) is 13.8 Å². The van der Waals surface area contributed by atoms with E-state index in [2.05, 4.69) is 42.7 Å². The summed E-state index contributed by atoms with van der Waals surface area (Å²) < 4.78 is 5.29. The monoisotopic (exact) mass is 370 g/mol. The van der Waals surface area contributed by atoms with E-state index in [9.17, 15) is 0 Å². The molecule has 18 heavy (non-hydrogen) atoms. The third kappa shape index (κ3) is 6.75. The molecule has 1 fully saturated rings. The molecule has 2 N–H and O–H groups in total. The van der Waals surface area contributed by atoms with Crippen molar-refractivity contribution in [1.29, 1.82) is 0 Å². The van der Waals surface area contributed by atoms with Gasteiger partial charge in [-0.05, 0) is 19.5 Å². The molecule has 0 atom stereocenters. The van der Waals surface area contributed by atoms with E-state index in [1.165, 1.54) is 0 Å². The molecular weight excluding hydrogens is 343 g/mol. The summed E-state index contributed by atoms with van der Waals surface area (Å²) in [6.45, 7) is 9.38. The van der Waals surface area contributed by atoms with E-state index in [4.69, 9.17) is 10.5 Å². The van der Waals surface area contributed by atoms with Crippen molar-refractivity contribution in [3.63, 3.8) is 0 Å². The molecule has 1 heterocycles. The van der Waals surface area contributed by atoms with Crippen molar-refractivity contribution in [2.75, 3.05) is 53.5 Å². The van der Waals surface area contributed by atoms with E-state index in [0.717, 1.165) is 39.4 Å². The lowest BCUT2D eigenvalue weighted by atomic mass is 9.93. The number of guanidine groups is 1. The largest absolute Gasteiger partial charge is 0.378 e. The molecule has 0 aromatic rings. The van der Waals surface area contributed by atoms with Gasteiger partial charge in [-0.15, -0.1) is 24.0 Å². The van der Waals surface area contributed by atoms with Crippen LogP contribution in [0.1, 0.15) is 13.8 Å². The van der Waals surface area contributed by atoms with Crippen LogP contribution in [-0.2, 0) is 4.74 Å². The van der Waals surface area contributed by atoms with Crippen LogP contribution in [0.3, 0.4) is 0 Å². The summed E-state index contributed by atoms with van der Waals surface area (Å²) in [6.07, 6.45) is 0. The summed E-state index contributed by atoms with van der Waals surface area (Å²) in [7, 11) is 4.16. The van der Waals surface area contributed by atoms with Crippen LogP contribution in [0.4, 0.5) is 0 Å². The Morgan fingerprint density at radius 3 is 2.39 bits per heavy atom. The van der Waals surface area contributed by atoms with Crippen LogP contribution in [0.5, 0.6) is 0 Å². The Morgan fingerprint density at radius 1 is 1.33 bits per heavy atom. The van der Waals surface area contributed by atoms with Crippen LogP contribution < -0.4 is 5.73 Å². The van der Waals surface area contributed by atoms with Gasteiger partial charge in [-0.25, -0.2) is 0 Å². The third-order valence-corrected chi connectivity index (χ3v) is 2.75. The highest BCUT2D eigenvalue weighted by molar-refractivity contribution is 14.0. The van der Waals surface area contributed by atoms with Gasteiger partial charge < -0.3 is 20.3 Å². The SMILES string of the molecule is CN(C)CC(C)(C)CN=C(N)N1CCOCC1.I. The number of ether oxygens (including phenoxy) is 1. The van der Waals surface area contributed by atoms with Gasteiger partial charge in [-0.3, -0.25) is 4.99 Å². The van der Waals surface area contributed by atoms with Crippen molar-refractivity contribution in [3.05, 3.63) is 0 Å². The number of halogens is 1. The molecule has 0 spiro atoms. The minimum absolute atomic E-state index is 0. The number of rotatable bonds is 4. The second-order valence-corrected chi connectivity index (χ2v) is 5.68. The maximum Gasteiger partial charge on any atom is 0.191 e. The topological polar surface area (TPSA) is 54.1 Å². The molecule has 0 aromatic heterocycles. The Labute approximate surface area is 128 Å². The highest BCUT2D eigenvalue weighted by Gasteiger charge is 2.19. The molecule has 6 heteroatoms. The summed E-state index contributed by atoms with van der Waals surface area (Å²) in [5.74, 6) is 0.653. The van der Waals surface area contributed by atoms with Crippen LogP contribution in [-0.4, -0.2) is 69.2 Å². The predicted octanol–water partition coefficient (Wildman–Crippen LogP) is 0.839. The Bertz CT molecular complexity index is 263. The predicted molar refractivity (Wildman–Crippen MR) is 86.6 cm³/mol.